The molecule has 0 aliphatic heterocycles. The maximum absolute atomic E-state index is 12.3. The van der Waals surface area contributed by atoms with E-state index in [0.717, 1.165) is 15.4 Å². The lowest BCUT2D eigenvalue weighted by Gasteiger charge is -2.11. The van der Waals surface area contributed by atoms with Crippen molar-refractivity contribution in [2.24, 2.45) is 0 Å². The molecule has 0 aromatic heterocycles. The highest BCUT2D eigenvalue weighted by Crippen LogP contribution is 2.25. The lowest BCUT2D eigenvalue weighted by molar-refractivity contribution is 0.0730. The Morgan fingerprint density at radius 1 is 1.05 bits per heavy atom. The topological polar surface area (TPSA) is 35.5 Å². The number of esters is 1. The summed E-state index contributed by atoms with van der Waals surface area (Å²) in [6, 6.07) is 12.4. The van der Waals surface area contributed by atoms with Crippen LogP contribution in [0.1, 0.15) is 23.7 Å². The average Bonchev–Trinajstić information content (AvgIpc) is 2.48. The molecule has 0 atom stereocenters. The third kappa shape index (κ3) is 4.58. The Bertz CT molecular complexity index is 624. The normalized spacial score (nSPS) is 10.2. The first-order valence-electron chi connectivity index (χ1n) is 6.50. The van der Waals surface area contributed by atoms with Gasteiger partial charge in [0.05, 0.1) is 6.61 Å². The zero-order valence-electron chi connectivity index (χ0n) is 11.4. The first-order valence-corrected chi connectivity index (χ1v) is 8.09. The fraction of sp³-hybridized carbons (Fsp3) is 0.188. The quantitative estimate of drug-likeness (QED) is 0.497. The van der Waals surface area contributed by atoms with Gasteiger partial charge in [0.2, 0.25) is 0 Å². The molecule has 0 heterocycles. The van der Waals surface area contributed by atoms with Gasteiger partial charge in [-0.3, -0.25) is 0 Å². The Hall–Kier alpha value is -1.33. The lowest BCUT2D eigenvalue weighted by Crippen LogP contribution is -2.11. The summed E-state index contributed by atoms with van der Waals surface area (Å²) in [6.07, 6.45) is 0.872. The summed E-state index contributed by atoms with van der Waals surface area (Å²) >= 11 is 6.70. The maximum atomic E-state index is 12.3. The van der Waals surface area contributed by atoms with Crippen LogP contribution < -0.4 is 9.47 Å². The Morgan fingerprint density at radius 3 is 2.38 bits per heavy atom. The lowest BCUT2D eigenvalue weighted by atomic mass is 10.2. The fourth-order valence-corrected chi connectivity index (χ4v) is 2.29. The second-order valence-corrected chi connectivity index (χ2v) is 6.16. The fourth-order valence-electron chi connectivity index (χ4n) is 1.66. The van der Waals surface area contributed by atoms with Crippen LogP contribution >= 0.6 is 31.9 Å². The van der Waals surface area contributed by atoms with Crippen molar-refractivity contribution in [3.63, 3.8) is 0 Å². The number of benzene rings is 2. The van der Waals surface area contributed by atoms with Crippen molar-refractivity contribution in [1.29, 1.82) is 0 Å². The number of hydrogen-bond acceptors (Lipinski definition) is 3. The molecule has 0 radical (unpaired) electrons. The van der Waals surface area contributed by atoms with Crippen LogP contribution in [0.4, 0.5) is 0 Å². The highest BCUT2D eigenvalue weighted by Gasteiger charge is 2.15. The van der Waals surface area contributed by atoms with Crippen molar-refractivity contribution in [1.82, 2.24) is 0 Å². The van der Waals surface area contributed by atoms with E-state index in [-0.39, 0.29) is 0 Å². The second kappa shape index (κ2) is 7.61. The van der Waals surface area contributed by atoms with E-state index in [4.69, 9.17) is 9.47 Å². The molecule has 0 amide bonds. The molecule has 21 heavy (non-hydrogen) atoms. The van der Waals surface area contributed by atoms with Crippen LogP contribution in [-0.2, 0) is 0 Å². The van der Waals surface area contributed by atoms with E-state index in [0.29, 0.717) is 23.7 Å². The number of carbonyl (C=O) groups is 1. The van der Waals surface area contributed by atoms with Gasteiger partial charge in [0.1, 0.15) is 17.1 Å². The van der Waals surface area contributed by atoms with E-state index >= 15 is 0 Å². The number of ether oxygens (including phenoxy) is 2. The summed E-state index contributed by atoms with van der Waals surface area (Å²) in [4.78, 5) is 12.3. The van der Waals surface area contributed by atoms with Gasteiger partial charge in [-0.05, 0) is 48.9 Å². The van der Waals surface area contributed by atoms with Crippen LogP contribution in [0.2, 0.25) is 0 Å². The Kier molecular flexibility index (Phi) is 5.82. The summed E-state index contributed by atoms with van der Waals surface area (Å²) in [5.74, 6) is 0.580. The van der Waals surface area contributed by atoms with E-state index in [2.05, 4.69) is 31.9 Å². The summed E-state index contributed by atoms with van der Waals surface area (Å²) in [5.41, 5.74) is 0.403. The summed E-state index contributed by atoms with van der Waals surface area (Å²) in [5, 5.41) is 0. The molecule has 5 heteroatoms. The van der Waals surface area contributed by atoms with Crippen LogP contribution in [0, 0.1) is 0 Å². The van der Waals surface area contributed by atoms with E-state index in [1.807, 2.05) is 25.1 Å². The van der Waals surface area contributed by atoms with Crippen LogP contribution in [0.15, 0.2) is 51.4 Å². The SMILES string of the molecule is CCCOc1ccc(Br)cc1C(=O)Oc1ccc(Br)cc1. The van der Waals surface area contributed by atoms with Crippen LogP contribution in [0.3, 0.4) is 0 Å². The van der Waals surface area contributed by atoms with Crippen molar-refractivity contribution in [2.45, 2.75) is 13.3 Å². The summed E-state index contributed by atoms with van der Waals surface area (Å²) in [6.45, 7) is 2.57. The van der Waals surface area contributed by atoms with Crippen molar-refractivity contribution < 1.29 is 14.3 Å². The molecule has 0 N–H and O–H groups in total. The van der Waals surface area contributed by atoms with Gasteiger partial charge in [-0.2, -0.15) is 0 Å². The molecule has 0 bridgehead atoms. The number of carbonyl (C=O) groups excluding carboxylic acids is 1. The molecule has 0 aliphatic carbocycles. The van der Waals surface area contributed by atoms with Gasteiger partial charge < -0.3 is 9.47 Å². The standard InChI is InChI=1S/C16H14Br2O3/c1-2-9-20-15-8-5-12(18)10-14(15)16(19)21-13-6-3-11(17)4-7-13/h3-8,10H,2,9H2,1H3. The largest absolute Gasteiger partial charge is 0.493 e. The molecule has 110 valence electrons. The molecule has 2 aromatic rings. The predicted octanol–water partition coefficient (Wildman–Crippen LogP) is 5.22. The molecule has 2 aromatic carbocycles. The van der Waals surface area contributed by atoms with Gasteiger partial charge in [-0.15, -0.1) is 0 Å². The minimum atomic E-state index is -0.440. The molecule has 2 rings (SSSR count). The van der Waals surface area contributed by atoms with Gasteiger partial charge in [0.15, 0.2) is 0 Å². The van der Waals surface area contributed by atoms with E-state index in [9.17, 15) is 4.79 Å². The van der Waals surface area contributed by atoms with Crippen molar-refractivity contribution in [3.05, 3.63) is 57.0 Å². The molecule has 0 saturated carbocycles. The minimum absolute atomic E-state index is 0.403. The number of halogens is 2. The van der Waals surface area contributed by atoms with Crippen LogP contribution in [0.25, 0.3) is 0 Å². The van der Waals surface area contributed by atoms with Crippen LogP contribution in [0.5, 0.6) is 11.5 Å². The zero-order valence-corrected chi connectivity index (χ0v) is 14.6. The van der Waals surface area contributed by atoms with E-state index < -0.39 is 5.97 Å². The van der Waals surface area contributed by atoms with Crippen molar-refractivity contribution in [3.8, 4) is 11.5 Å². The van der Waals surface area contributed by atoms with Gasteiger partial charge in [0.25, 0.3) is 0 Å². The smallest absolute Gasteiger partial charge is 0.347 e. The summed E-state index contributed by atoms with van der Waals surface area (Å²) < 4.78 is 12.7. The zero-order chi connectivity index (χ0) is 15.2. The maximum Gasteiger partial charge on any atom is 0.347 e. The highest BCUT2D eigenvalue weighted by atomic mass is 79.9. The molecular formula is C16H14Br2O3. The number of hydrogen-bond donors (Lipinski definition) is 0. The Labute approximate surface area is 140 Å². The summed E-state index contributed by atoms with van der Waals surface area (Å²) in [7, 11) is 0. The van der Waals surface area contributed by atoms with Gasteiger partial charge in [0, 0.05) is 8.95 Å². The molecule has 0 saturated heterocycles. The Balaban J connectivity index is 2.20. The molecule has 0 fully saturated rings. The third-order valence-corrected chi connectivity index (χ3v) is 3.67. The molecular weight excluding hydrogens is 400 g/mol. The molecule has 0 unspecified atom stereocenters. The van der Waals surface area contributed by atoms with Crippen LogP contribution in [-0.4, -0.2) is 12.6 Å². The third-order valence-electron chi connectivity index (χ3n) is 2.65. The number of rotatable bonds is 5. The molecule has 0 aliphatic rings. The molecule has 0 spiro atoms. The van der Waals surface area contributed by atoms with E-state index in [1.54, 1.807) is 24.3 Å². The second-order valence-electron chi connectivity index (χ2n) is 4.33. The minimum Gasteiger partial charge on any atom is -0.493 e. The first-order chi connectivity index (χ1) is 10.1. The Morgan fingerprint density at radius 2 is 1.71 bits per heavy atom. The van der Waals surface area contributed by atoms with Gasteiger partial charge in [-0.25, -0.2) is 4.79 Å². The molecule has 3 nitrogen and oxygen atoms in total. The monoisotopic (exact) mass is 412 g/mol. The van der Waals surface area contributed by atoms with Gasteiger partial charge >= 0.3 is 5.97 Å². The average molecular weight is 414 g/mol. The van der Waals surface area contributed by atoms with Crippen molar-refractivity contribution in [2.75, 3.05) is 6.61 Å². The first kappa shape index (κ1) is 16.0. The highest BCUT2D eigenvalue weighted by molar-refractivity contribution is 9.10. The van der Waals surface area contributed by atoms with Crippen molar-refractivity contribution >= 4 is 37.8 Å². The van der Waals surface area contributed by atoms with Gasteiger partial charge in [-0.1, -0.05) is 38.8 Å². The van der Waals surface area contributed by atoms with E-state index in [1.165, 1.54) is 0 Å². The predicted molar refractivity (Wildman–Crippen MR) is 89.0 cm³/mol.